The molecule has 0 bridgehead atoms. The Bertz CT molecular complexity index is 1250. The van der Waals surface area contributed by atoms with Crippen molar-refractivity contribution in [2.24, 2.45) is 0 Å². The van der Waals surface area contributed by atoms with Gasteiger partial charge in [0.2, 0.25) is 10.0 Å². The lowest BCUT2D eigenvalue weighted by Crippen LogP contribution is -2.34. The van der Waals surface area contributed by atoms with Crippen LogP contribution in [0.1, 0.15) is 15.9 Å². The zero-order valence-corrected chi connectivity index (χ0v) is 21.1. The monoisotopic (exact) mass is 547 g/mol. The molecule has 2 N–H and O–H groups in total. The Morgan fingerprint density at radius 3 is 2.33 bits per heavy atom. The summed E-state index contributed by atoms with van der Waals surface area (Å²) in [5.41, 5.74) is 1.84. The number of hydrogen-bond donors (Lipinski definition) is 2. The maximum atomic E-state index is 12.9. The molecule has 0 radical (unpaired) electrons. The molecule has 10 heteroatoms. The van der Waals surface area contributed by atoms with Crippen LogP contribution in [0.5, 0.6) is 5.75 Å². The second-order valence-corrected chi connectivity index (χ2v) is 10.3. The Morgan fingerprint density at radius 1 is 1.06 bits per heavy atom. The number of methoxy groups -OCH3 is 1. The van der Waals surface area contributed by atoms with E-state index in [4.69, 9.17) is 17.0 Å². The van der Waals surface area contributed by atoms with Gasteiger partial charge in [0, 0.05) is 24.8 Å². The van der Waals surface area contributed by atoms with E-state index >= 15 is 0 Å². The van der Waals surface area contributed by atoms with E-state index in [1.54, 1.807) is 30.3 Å². The van der Waals surface area contributed by atoms with Crippen molar-refractivity contribution in [3.63, 3.8) is 0 Å². The molecule has 0 spiro atoms. The first-order chi connectivity index (χ1) is 15.7. The van der Waals surface area contributed by atoms with E-state index in [1.807, 2.05) is 30.3 Å². The van der Waals surface area contributed by atoms with E-state index in [-0.39, 0.29) is 16.6 Å². The summed E-state index contributed by atoms with van der Waals surface area (Å²) in [5.74, 6) is 0.217. The molecule has 0 atom stereocenters. The van der Waals surface area contributed by atoms with Crippen molar-refractivity contribution in [1.82, 2.24) is 9.62 Å². The number of benzene rings is 3. The van der Waals surface area contributed by atoms with Crippen LogP contribution in [0.4, 0.5) is 5.69 Å². The summed E-state index contributed by atoms with van der Waals surface area (Å²) in [7, 11) is -0.582. The Kier molecular flexibility index (Phi) is 8.20. The number of nitrogens with one attached hydrogen (secondary N) is 2. The van der Waals surface area contributed by atoms with E-state index < -0.39 is 15.9 Å². The molecule has 7 nitrogen and oxygen atoms in total. The summed E-state index contributed by atoms with van der Waals surface area (Å²) < 4.78 is 32.8. The summed E-state index contributed by atoms with van der Waals surface area (Å²) >= 11 is 8.55. The summed E-state index contributed by atoms with van der Waals surface area (Å²) in [6, 6.07) is 20.4. The molecular weight excluding hydrogens is 526 g/mol. The van der Waals surface area contributed by atoms with E-state index in [9.17, 15) is 13.2 Å². The quantitative estimate of drug-likeness (QED) is 0.426. The normalized spacial score (nSPS) is 11.2. The molecule has 0 heterocycles. The first kappa shape index (κ1) is 24.8. The molecule has 0 aromatic heterocycles. The van der Waals surface area contributed by atoms with Gasteiger partial charge >= 0.3 is 0 Å². The highest BCUT2D eigenvalue weighted by Gasteiger charge is 2.21. The van der Waals surface area contributed by atoms with Gasteiger partial charge in [0.25, 0.3) is 5.91 Å². The Hall–Kier alpha value is -2.79. The number of nitrogens with zero attached hydrogens (tertiary/aromatic N) is 1. The predicted octanol–water partition coefficient (Wildman–Crippen LogP) is 4.41. The maximum Gasteiger partial charge on any atom is 0.257 e. The number of carbonyl (C=O) groups excluding carboxylic acids is 1. The summed E-state index contributed by atoms with van der Waals surface area (Å²) in [6.45, 7) is 0.265. The van der Waals surface area contributed by atoms with E-state index in [0.717, 1.165) is 5.56 Å². The molecule has 0 aliphatic heterocycles. The van der Waals surface area contributed by atoms with Crippen LogP contribution in [-0.2, 0) is 16.6 Å². The average molecular weight is 548 g/mol. The van der Waals surface area contributed by atoms with Gasteiger partial charge in [0.05, 0.1) is 16.5 Å². The van der Waals surface area contributed by atoms with Crippen molar-refractivity contribution in [3.05, 3.63) is 88.4 Å². The zero-order valence-electron chi connectivity index (χ0n) is 17.9. The SMILES string of the molecule is COc1ccc(C(=O)NC(=S)Nc2ccc(S(=O)(=O)N(C)Cc3ccccc3)cc2)cc1Br. The van der Waals surface area contributed by atoms with Crippen LogP contribution >= 0.6 is 28.1 Å². The lowest BCUT2D eigenvalue weighted by molar-refractivity contribution is 0.0977. The lowest BCUT2D eigenvalue weighted by Gasteiger charge is -2.18. The van der Waals surface area contributed by atoms with Crippen LogP contribution in [0.3, 0.4) is 0 Å². The number of amides is 1. The van der Waals surface area contributed by atoms with Crippen LogP contribution < -0.4 is 15.4 Å². The third kappa shape index (κ3) is 6.38. The molecular formula is C23H22BrN3O4S2. The van der Waals surface area contributed by atoms with Gasteiger partial charge in [-0.15, -0.1) is 0 Å². The van der Waals surface area contributed by atoms with Crippen molar-refractivity contribution in [3.8, 4) is 5.75 Å². The third-order valence-corrected chi connectivity index (χ3v) is 7.35. The summed E-state index contributed by atoms with van der Waals surface area (Å²) in [4.78, 5) is 12.6. The molecule has 0 saturated heterocycles. The smallest absolute Gasteiger partial charge is 0.257 e. The van der Waals surface area contributed by atoms with Crippen molar-refractivity contribution in [2.75, 3.05) is 19.5 Å². The van der Waals surface area contributed by atoms with Gasteiger partial charge in [0.15, 0.2) is 5.11 Å². The molecule has 0 saturated carbocycles. The number of carbonyl (C=O) groups is 1. The molecule has 3 aromatic rings. The molecule has 1 amide bonds. The van der Waals surface area contributed by atoms with E-state index in [2.05, 4.69) is 26.6 Å². The Labute approximate surface area is 206 Å². The summed E-state index contributed by atoms with van der Waals surface area (Å²) in [6.07, 6.45) is 0. The molecule has 3 rings (SSSR count). The van der Waals surface area contributed by atoms with E-state index in [1.165, 1.54) is 30.6 Å². The highest BCUT2D eigenvalue weighted by Crippen LogP contribution is 2.25. The van der Waals surface area contributed by atoms with E-state index in [0.29, 0.717) is 21.5 Å². The fourth-order valence-corrected chi connectivity index (χ4v) is 4.87. The molecule has 33 heavy (non-hydrogen) atoms. The van der Waals surface area contributed by atoms with Crippen molar-refractivity contribution in [2.45, 2.75) is 11.4 Å². The fraction of sp³-hybridized carbons (Fsp3) is 0.130. The second-order valence-electron chi connectivity index (χ2n) is 7.03. The number of ether oxygens (including phenoxy) is 1. The molecule has 3 aromatic carbocycles. The summed E-state index contributed by atoms with van der Waals surface area (Å²) in [5, 5.41) is 5.56. The van der Waals surface area contributed by atoms with Gasteiger partial charge in [-0.1, -0.05) is 30.3 Å². The van der Waals surface area contributed by atoms with Crippen molar-refractivity contribution >= 4 is 54.9 Å². The van der Waals surface area contributed by atoms with Crippen molar-refractivity contribution in [1.29, 1.82) is 0 Å². The van der Waals surface area contributed by atoms with Gasteiger partial charge in [-0.3, -0.25) is 10.1 Å². The van der Waals surface area contributed by atoms with Crippen LogP contribution in [0, 0.1) is 0 Å². The lowest BCUT2D eigenvalue weighted by atomic mass is 10.2. The van der Waals surface area contributed by atoms with Gasteiger partial charge in [-0.05, 0) is 76.2 Å². The molecule has 0 aliphatic carbocycles. The largest absolute Gasteiger partial charge is 0.496 e. The first-order valence-corrected chi connectivity index (χ1v) is 12.4. The first-order valence-electron chi connectivity index (χ1n) is 9.77. The number of rotatable bonds is 7. The van der Waals surface area contributed by atoms with Gasteiger partial charge < -0.3 is 10.1 Å². The number of hydrogen-bond acceptors (Lipinski definition) is 5. The predicted molar refractivity (Wildman–Crippen MR) is 136 cm³/mol. The number of sulfonamides is 1. The minimum atomic E-state index is -3.66. The maximum absolute atomic E-state index is 12.9. The molecule has 172 valence electrons. The fourth-order valence-electron chi connectivity index (χ4n) is 2.96. The Balaban J connectivity index is 1.62. The standard InChI is InChI=1S/C23H22BrN3O4S2/c1-27(15-16-6-4-3-5-7-16)33(29,30)19-11-9-18(10-12-19)25-23(32)26-22(28)17-8-13-21(31-2)20(24)14-17/h3-14H,15H2,1-2H3,(H2,25,26,28,32). The van der Waals surface area contributed by atoms with Crippen LogP contribution in [0.2, 0.25) is 0 Å². The minimum absolute atomic E-state index is 0.0868. The van der Waals surface area contributed by atoms with Gasteiger partial charge in [-0.2, -0.15) is 4.31 Å². The number of anilines is 1. The molecule has 0 aliphatic rings. The topological polar surface area (TPSA) is 87.7 Å². The highest BCUT2D eigenvalue weighted by molar-refractivity contribution is 9.10. The second kappa shape index (κ2) is 10.9. The zero-order chi connectivity index (χ0) is 24.0. The minimum Gasteiger partial charge on any atom is -0.496 e. The Morgan fingerprint density at radius 2 is 1.73 bits per heavy atom. The number of thiocarbonyl (C=S) groups is 1. The van der Waals surface area contributed by atoms with Gasteiger partial charge in [0.1, 0.15) is 5.75 Å². The van der Waals surface area contributed by atoms with Crippen molar-refractivity contribution < 1.29 is 17.9 Å². The van der Waals surface area contributed by atoms with Crippen LogP contribution in [-0.4, -0.2) is 37.9 Å². The van der Waals surface area contributed by atoms with Crippen LogP contribution in [0.25, 0.3) is 0 Å². The average Bonchev–Trinajstić information content (AvgIpc) is 2.80. The highest BCUT2D eigenvalue weighted by atomic mass is 79.9. The third-order valence-electron chi connectivity index (χ3n) is 4.71. The van der Waals surface area contributed by atoms with Crippen LogP contribution in [0.15, 0.2) is 82.2 Å². The van der Waals surface area contributed by atoms with Gasteiger partial charge in [-0.25, -0.2) is 8.42 Å². The molecule has 0 unspecified atom stereocenters. The number of halogens is 1. The molecule has 0 fully saturated rings.